The third-order valence-corrected chi connectivity index (χ3v) is 3.82. The summed E-state index contributed by atoms with van der Waals surface area (Å²) in [7, 11) is 0. The Kier molecular flexibility index (Phi) is 5.30. The van der Waals surface area contributed by atoms with Gasteiger partial charge in [0.25, 0.3) is 0 Å². The van der Waals surface area contributed by atoms with Crippen molar-refractivity contribution >= 4 is 11.9 Å². The van der Waals surface area contributed by atoms with Crippen LogP contribution in [-0.4, -0.2) is 33.2 Å². The van der Waals surface area contributed by atoms with Crippen LogP contribution in [0.25, 0.3) is 0 Å². The van der Waals surface area contributed by atoms with Gasteiger partial charge >= 0.3 is 5.97 Å². The average Bonchev–Trinajstić information content (AvgIpc) is 2.70. The minimum Gasteiger partial charge on any atom is -0.481 e. The van der Waals surface area contributed by atoms with E-state index in [0.29, 0.717) is 24.6 Å². The Labute approximate surface area is 123 Å². The van der Waals surface area contributed by atoms with Crippen molar-refractivity contribution in [2.24, 2.45) is 5.92 Å². The highest BCUT2D eigenvalue weighted by Crippen LogP contribution is 2.24. The van der Waals surface area contributed by atoms with E-state index in [0.717, 1.165) is 25.7 Å². The summed E-state index contributed by atoms with van der Waals surface area (Å²) < 4.78 is 4.95. The molecule has 1 amide bonds. The molecule has 2 unspecified atom stereocenters. The van der Waals surface area contributed by atoms with Gasteiger partial charge in [-0.3, -0.25) is 9.59 Å². The van der Waals surface area contributed by atoms with Crippen LogP contribution >= 0.6 is 0 Å². The lowest BCUT2D eigenvalue weighted by atomic mass is 9.94. The van der Waals surface area contributed by atoms with Crippen LogP contribution in [-0.2, 0) is 16.0 Å². The van der Waals surface area contributed by atoms with E-state index >= 15 is 0 Å². The fourth-order valence-corrected chi connectivity index (χ4v) is 2.72. The number of carbonyl (C=O) groups is 2. The summed E-state index contributed by atoms with van der Waals surface area (Å²) >= 11 is 0. The van der Waals surface area contributed by atoms with Crippen LogP contribution in [0.3, 0.4) is 0 Å². The van der Waals surface area contributed by atoms with Gasteiger partial charge in [0.05, 0.1) is 5.92 Å². The van der Waals surface area contributed by atoms with Gasteiger partial charge in [-0.15, -0.1) is 0 Å². The van der Waals surface area contributed by atoms with Crippen molar-refractivity contribution in [1.29, 1.82) is 0 Å². The lowest BCUT2D eigenvalue weighted by Gasteiger charge is -2.22. The monoisotopic (exact) mass is 295 g/mol. The van der Waals surface area contributed by atoms with Gasteiger partial charge in [-0.25, -0.2) is 0 Å². The number of aromatic nitrogens is 2. The highest BCUT2D eigenvalue weighted by molar-refractivity contribution is 5.78. The first-order valence-corrected chi connectivity index (χ1v) is 7.37. The summed E-state index contributed by atoms with van der Waals surface area (Å²) in [6.45, 7) is 1.72. The van der Waals surface area contributed by atoms with E-state index in [2.05, 4.69) is 15.5 Å². The van der Waals surface area contributed by atoms with Crippen molar-refractivity contribution in [2.45, 2.75) is 57.9 Å². The molecule has 1 heterocycles. The number of carboxylic acids is 1. The van der Waals surface area contributed by atoms with Crippen LogP contribution < -0.4 is 5.32 Å². The van der Waals surface area contributed by atoms with Gasteiger partial charge in [0.1, 0.15) is 0 Å². The Balaban J connectivity index is 1.85. The highest BCUT2D eigenvalue weighted by Gasteiger charge is 2.30. The predicted molar refractivity (Wildman–Crippen MR) is 73.5 cm³/mol. The summed E-state index contributed by atoms with van der Waals surface area (Å²) in [4.78, 5) is 27.3. The van der Waals surface area contributed by atoms with Crippen molar-refractivity contribution in [3.63, 3.8) is 0 Å². The second-order valence-electron chi connectivity index (χ2n) is 5.49. The first-order chi connectivity index (χ1) is 10.1. The second-order valence-corrected chi connectivity index (χ2v) is 5.49. The Morgan fingerprint density at radius 2 is 2.10 bits per heavy atom. The van der Waals surface area contributed by atoms with E-state index in [4.69, 9.17) is 4.52 Å². The number of nitrogens with zero attached hydrogens (tertiary/aromatic N) is 2. The number of rotatable bonds is 5. The predicted octanol–water partition coefficient (Wildman–Crippen LogP) is 1.46. The molecule has 2 N–H and O–H groups in total. The van der Waals surface area contributed by atoms with E-state index < -0.39 is 11.9 Å². The molecule has 116 valence electrons. The number of nitrogens with one attached hydrogen (secondary N) is 1. The number of carboxylic acid groups (broad SMARTS) is 1. The van der Waals surface area contributed by atoms with Gasteiger partial charge in [0.2, 0.25) is 11.8 Å². The molecule has 2 atom stereocenters. The molecule has 0 spiro atoms. The molecule has 1 saturated carbocycles. The molecule has 21 heavy (non-hydrogen) atoms. The first kappa shape index (κ1) is 15.5. The van der Waals surface area contributed by atoms with Crippen LogP contribution in [0, 0.1) is 12.8 Å². The second kappa shape index (κ2) is 7.19. The van der Waals surface area contributed by atoms with Gasteiger partial charge in [-0.1, -0.05) is 24.4 Å². The molecule has 0 aliphatic heterocycles. The maximum atomic E-state index is 12.0. The number of hydrogen-bond donors (Lipinski definition) is 2. The molecular formula is C14H21N3O4. The lowest BCUT2D eigenvalue weighted by Crippen LogP contribution is -2.42. The molecule has 1 fully saturated rings. The normalized spacial score (nSPS) is 22.5. The summed E-state index contributed by atoms with van der Waals surface area (Å²) in [6, 6.07) is -0.276. The Morgan fingerprint density at radius 3 is 2.76 bits per heavy atom. The first-order valence-electron chi connectivity index (χ1n) is 7.37. The van der Waals surface area contributed by atoms with Gasteiger partial charge in [-0.05, 0) is 19.8 Å². The highest BCUT2D eigenvalue weighted by atomic mass is 16.5. The molecule has 0 aromatic carbocycles. The molecule has 1 aromatic heterocycles. The molecular weight excluding hydrogens is 274 g/mol. The van der Waals surface area contributed by atoms with Crippen LogP contribution in [0.2, 0.25) is 0 Å². The molecule has 1 aliphatic rings. The zero-order valence-corrected chi connectivity index (χ0v) is 12.2. The number of hydrogen-bond acceptors (Lipinski definition) is 5. The minimum atomic E-state index is -0.824. The Bertz CT molecular complexity index is 500. The maximum Gasteiger partial charge on any atom is 0.308 e. The SMILES string of the molecule is Cc1noc(CCC(=O)NC2CCCCCC2C(=O)O)n1. The summed E-state index contributed by atoms with van der Waals surface area (Å²) in [5.74, 6) is -0.501. The zero-order chi connectivity index (χ0) is 15.2. The molecule has 1 aromatic rings. The Hall–Kier alpha value is -1.92. The average molecular weight is 295 g/mol. The number of amides is 1. The minimum absolute atomic E-state index is 0.163. The number of carbonyl (C=O) groups excluding carboxylic acids is 1. The molecule has 0 saturated heterocycles. The number of aryl methyl sites for hydroxylation is 2. The number of aliphatic carboxylic acids is 1. The third kappa shape index (κ3) is 4.54. The fourth-order valence-electron chi connectivity index (χ4n) is 2.72. The van der Waals surface area contributed by atoms with Crippen LogP contribution in [0.5, 0.6) is 0 Å². The molecule has 0 bridgehead atoms. The standard InChI is InChI=1S/C14H21N3O4/c1-9-15-13(21-17-9)8-7-12(18)16-11-6-4-2-3-5-10(11)14(19)20/h10-11H,2-8H2,1H3,(H,16,18)(H,19,20). The van der Waals surface area contributed by atoms with E-state index in [1.165, 1.54) is 0 Å². The van der Waals surface area contributed by atoms with Crippen LogP contribution in [0.1, 0.15) is 50.2 Å². The summed E-state index contributed by atoms with van der Waals surface area (Å²) in [5.41, 5.74) is 0. The van der Waals surface area contributed by atoms with Crippen molar-refractivity contribution < 1.29 is 19.2 Å². The maximum absolute atomic E-state index is 12.0. The quantitative estimate of drug-likeness (QED) is 0.797. The summed E-state index contributed by atoms with van der Waals surface area (Å²) in [6.07, 6.45) is 4.84. The van der Waals surface area contributed by atoms with Crippen molar-refractivity contribution in [3.05, 3.63) is 11.7 Å². The fraction of sp³-hybridized carbons (Fsp3) is 0.714. The largest absolute Gasteiger partial charge is 0.481 e. The van der Waals surface area contributed by atoms with E-state index in [9.17, 15) is 14.7 Å². The third-order valence-electron chi connectivity index (χ3n) is 3.82. The Morgan fingerprint density at radius 1 is 1.33 bits per heavy atom. The molecule has 7 heteroatoms. The van der Waals surface area contributed by atoms with E-state index in [-0.39, 0.29) is 18.4 Å². The van der Waals surface area contributed by atoms with Gasteiger partial charge in [-0.2, -0.15) is 4.98 Å². The molecule has 2 rings (SSSR count). The van der Waals surface area contributed by atoms with E-state index in [1.807, 2.05) is 0 Å². The zero-order valence-electron chi connectivity index (χ0n) is 12.2. The molecule has 7 nitrogen and oxygen atoms in total. The lowest BCUT2D eigenvalue weighted by molar-refractivity contribution is -0.143. The van der Waals surface area contributed by atoms with Gasteiger partial charge in [0.15, 0.2) is 5.82 Å². The van der Waals surface area contributed by atoms with Crippen molar-refractivity contribution in [3.8, 4) is 0 Å². The van der Waals surface area contributed by atoms with Crippen LogP contribution in [0.15, 0.2) is 4.52 Å². The van der Waals surface area contributed by atoms with Crippen molar-refractivity contribution in [2.75, 3.05) is 0 Å². The van der Waals surface area contributed by atoms with Gasteiger partial charge in [0, 0.05) is 18.9 Å². The smallest absolute Gasteiger partial charge is 0.308 e. The van der Waals surface area contributed by atoms with Gasteiger partial charge < -0.3 is 14.9 Å². The summed E-state index contributed by atoms with van der Waals surface area (Å²) in [5, 5.41) is 15.8. The molecule has 0 radical (unpaired) electrons. The van der Waals surface area contributed by atoms with Crippen molar-refractivity contribution in [1.82, 2.24) is 15.5 Å². The van der Waals surface area contributed by atoms with E-state index in [1.54, 1.807) is 6.92 Å². The van der Waals surface area contributed by atoms with Crippen LogP contribution in [0.4, 0.5) is 0 Å². The molecule has 1 aliphatic carbocycles. The topological polar surface area (TPSA) is 105 Å².